The molecule has 5 heteroatoms. The molecule has 5 nitrogen and oxygen atoms in total. The zero-order valence-electron chi connectivity index (χ0n) is 16.5. The molecule has 1 aromatic carbocycles. The van der Waals surface area contributed by atoms with Crippen LogP contribution in [0.4, 0.5) is 0 Å². The number of fused-ring (bicyclic) bond motifs is 2. The molecular weight excluding hydrogens is 338 g/mol. The number of piperidine rings is 1. The molecular formula is C22H29N3O2. The second-order valence-electron chi connectivity index (χ2n) is 8.95. The summed E-state index contributed by atoms with van der Waals surface area (Å²) in [4.78, 5) is 21.8. The fourth-order valence-corrected chi connectivity index (χ4v) is 6.33. The first-order valence-electron chi connectivity index (χ1n) is 10.2. The van der Waals surface area contributed by atoms with Crippen LogP contribution in [-0.2, 0) is 0 Å². The maximum atomic E-state index is 13.8. The number of nitrogens with zero attached hydrogens (tertiary/aromatic N) is 2. The van der Waals surface area contributed by atoms with Crippen molar-refractivity contribution in [1.82, 2.24) is 14.8 Å². The molecule has 3 aliphatic rings. The number of carbonyl (C=O) groups is 1. The summed E-state index contributed by atoms with van der Waals surface area (Å²) in [7, 11) is 3.92. The summed E-state index contributed by atoms with van der Waals surface area (Å²) in [5.74, 6) is 0.974. The van der Waals surface area contributed by atoms with E-state index in [0.29, 0.717) is 18.1 Å². The fourth-order valence-electron chi connectivity index (χ4n) is 6.33. The number of aromatic nitrogens is 1. The Hall–Kier alpha value is -2.01. The number of methoxy groups -OCH3 is 1. The maximum absolute atomic E-state index is 13.8. The van der Waals surface area contributed by atoms with Gasteiger partial charge in [0.1, 0.15) is 5.75 Å². The highest BCUT2D eigenvalue weighted by Crippen LogP contribution is 2.53. The third-order valence-electron chi connectivity index (χ3n) is 7.52. The molecule has 0 radical (unpaired) electrons. The van der Waals surface area contributed by atoms with Gasteiger partial charge in [-0.3, -0.25) is 4.79 Å². The number of likely N-dealkylation sites (tertiary alicyclic amines) is 2. The summed E-state index contributed by atoms with van der Waals surface area (Å²) >= 11 is 0. The molecule has 1 N–H and O–H groups in total. The normalized spacial score (nSPS) is 33.3. The van der Waals surface area contributed by atoms with Crippen LogP contribution in [0.15, 0.2) is 24.4 Å². The van der Waals surface area contributed by atoms with E-state index in [1.807, 2.05) is 24.4 Å². The first kappa shape index (κ1) is 17.1. The number of ether oxygens (including phenoxy) is 1. The lowest BCUT2D eigenvalue weighted by molar-refractivity contribution is 0.0578. The number of hydrogen-bond donors (Lipinski definition) is 1. The van der Waals surface area contributed by atoms with Crippen LogP contribution in [0.2, 0.25) is 0 Å². The highest BCUT2D eigenvalue weighted by atomic mass is 16.5. The molecule has 3 fully saturated rings. The van der Waals surface area contributed by atoms with E-state index in [1.165, 1.54) is 19.3 Å². The van der Waals surface area contributed by atoms with E-state index in [2.05, 4.69) is 28.8 Å². The van der Waals surface area contributed by atoms with Gasteiger partial charge in [0.15, 0.2) is 0 Å². The molecule has 0 unspecified atom stereocenters. The number of aromatic amines is 1. The number of likely N-dealkylation sites (N-methyl/N-ethyl adjacent to an activating group) is 1. The van der Waals surface area contributed by atoms with Gasteiger partial charge in [-0.05, 0) is 44.5 Å². The van der Waals surface area contributed by atoms with Crippen LogP contribution in [0.1, 0.15) is 49.4 Å². The zero-order chi connectivity index (χ0) is 18.8. The van der Waals surface area contributed by atoms with Crippen molar-refractivity contribution in [1.29, 1.82) is 0 Å². The molecule has 2 aliphatic heterocycles. The van der Waals surface area contributed by atoms with Crippen molar-refractivity contribution in [3.63, 3.8) is 0 Å². The van der Waals surface area contributed by atoms with Crippen molar-refractivity contribution >= 4 is 16.8 Å². The minimum Gasteiger partial charge on any atom is -0.497 e. The standard InChI is InChI=1S/C22H29N3O2/c1-22-11-14-13-24(2)19(22)6-4-5-7-20(22)25(14)21(26)17-12-23-18-9-8-15(27-3)10-16(17)18/h8-10,12,14,19-20,23H,4-7,11,13H2,1-3H3/t14-,19+,20-,22+/m0/s1. The summed E-state index contributed by atoms with van der Waals surface area (Å²) in [5, 5.41) is 0.962. The number of hydrogen-bond acceptors (Lipinski definition) is 3. The van der Waals surface area contributed by atoms with Crippen molar-refractivity contribution < 1.29 is 9.53 Å². The Morgan fingerprint density at radius 2 is 2.04 bits per heavy atom. The molecule has 1 aromatic heterocycles. The third kappa shape index (κ3) is 2.37. The number of amides is 1. The number of carbonyl (C=O) groups excluding carboxylic acids is 1. The van der Waals surface area contributed by atoms with Crippen molar-refractivity contribution in [3.05, 3.63) is 30.0 Å². The second kappa shape index (κ2) is 5.99. The van der Waals surface area contributed by atoms with Gasteiger partial charge in [0.2, 0.25) is 0 Å². The van der Waals surface area contributed by atoms with Gasteiger partial charge in [-0.2, -0.15) is 0 Å². The molecule has 144 valence electrons. The molecule has 2 aromatic rings. The van der Waals surface area contributed by atoms with Gasteiger partial charge in [0.05, 0.1) is 12.7 Å². The van der Waals surface area contributed by atoms with Crippen LogP contribution in [0, 0.1) is 5.41 Å². The van der Waals surface area contributed by atoms with Crippen LogP contribution in [-0.4, -0.2) is 59.5 Å². The fraction of sp³-hybridized carbons (Fsp3) is 0.591. The lowest BCUT2D eigenvalue weighted by Crippen LogP contribution is -2.51. The van der Waals surface area contributed by atoms with Crippen molar-refractivity contribution in [2.75, 3.05) is 20.7 Å². The van der Waals surface area contributed by atoms with Gasteiger partial charge in [-0.1, -0.05) is 19.8 Å². The number of nitrogens with one attached hydrogen (secondary N) is 1. The smallest absolute Gasteiger partial charge is 0.256 e. The Bertz CT molecular complexity index is 891. The van der Waals surface area contributed by atoms with Crippen molar-refractivity contribution in [2.45, 2.75) is 57.2 Å². The SMILES string of the molecule is COc1ccc2[nH]cc(C(=O)N3[C@@H]4CN(C)[C@@H]5CCCC[C@H]3[C@]5(C)C4)c2c1. The van der Waals surface area contributed by atoms with Gasteiger partial charge in [-0.25, -0.2) is 0 Å². The summed E-state index contributed by atoms with van der Waals surface area (Å²) in [6, 6.07) is 7.17. The lowest BCUT2D eigenvalue weighted by atomic mass is 9.71. The topological polar surface area (TPSA) is 48.6 Å². The summed E-state index contributed by atoms with van der Waals surface area (Å²) < 4.78 is 5.39. The largest absolute Gasteiger partial charge is 0.497 e. The maximum Gasteiger partial charge on any atom is 0.256 e. The first-order chi connectivity index (χ1) is 13.0. The molecule has 4 atom stereocenters. The number of rotatable bonds is 2. The Morgan fingerprint density at radius 1 is 1.26 bits per heavy atom. The quantitative estimate of drug-likeness (QED) is 0.881. The first-order valence-corrected chi connectivity index (χ1v) is 10.2. The average molecular weight is 367 g/mol. The Kier molecular flexibility index (Phi) is 3.80. The van der Waals surface area contributed by atoms with Crippen molar-refractivity contribution in [3.8, 4) is 5.75 Å². The van der Waals surface area contributed by atoms with E-state index >= 15 is 0 Å². The van der Waals surface area contributed by atoms with E-state index in [4.69, 9.17) is 4.74 Å². The van der Waals surface area contributed by atoms with Crippen LogP contribution in [0.5, 0.6) is 5.75 Å². The molecule has 3 heterocycles. The molecule has 27 heavy (non-hydrogen) atoms. The highest BCUT2D eigenvalue weighted by Gasteiger charge is 2.59. The minimum atomic E-state index is 0.184. The highest BCUT2D eigenvalue weighted by molar-refractivity contribution is 6.07. The van der Waals surface area contributed by atoms with Crippen molar-refractivity contribution in [2.24, 2.45) is 5.41 Å². The zero-order valence-corrected chi connectivity index (χ0v) is 16.5. The second-order valence-corrected chi connectivity index (χ2v) is 8.95. The molecule has 2 bridgehead atoms. The molecule has 1 aliphatic carbocycles. The Labute approximate surface area is 160 Å². The number of benzene rings is 1. The van der Waals surface area contributed by atoms with E-state index < -0.39 is 0 Å². The molecule has 0 spiro atoms. The van der Waals surface area contributed by atoms with Gasteiger partial charge >= 0.3 is 0 Å². The van der Waals surface area contributed by atoms with Crippen LogP contribution < -0.4 is 4.74 Å². The van der Waals surface area contributed by atoms with E-state index in [0.717, 1.165) is 41.6 Å². The monoisotopic (exact) mass is 367 g/mol. The Balaban J connectivity index is 1.57. The van der Waals surface area contributed by atoms with E-state index in [1.54, 1.807) is 7.11 Å². The summed E-state index contributed by atoms with van der Waals surface area (Å²) in [6.45, 7) is 3.43. The predicted octanol–water partition coefficient (Wildman–Crippen LogP) is 3.65. The van der Waals surface area contributed by atoms with Gasteiger partial charge in [0.25, 0.3) is 5.91 Å². The van der Waals surface area contributed by atoms with Crippen LogP contribution >= 0.6 is 0 Å². The van der Waals surface area contributed by atoms with Crippen LogP contribution in [0.25, 0.3) is 10.9 Å². The summed E-state index contributed by atoms with van der Waals surface area (Å²) in [6.07, 6.45) is 7.93. The minimum absolute atomic E-state index is 0.184. The van der Waals surface area contributed by atoms with Crippen LogP contribution in [0.3, 0.4) is 0 Å². The molecule has 1 saturated carbocycles. The van der Waals surface area contributed by atoms with Gasteiger partial charge < -0.3 is 19.5 Å². The predicted molar refractivity (Wildman–Crippen MR) is 106 cm³/mol. The lowest BCUT2D eigenvalue weighted by Gasteiger charge is -2.44. The van der Waals surface area contributed by atoms with E-state index in [-0.39, 0.29) is 11.3 Å². The third-order valence-corrected chi connectivity index (χ3v) is 7.52. The van der Waals surface area contributed by atoms with E-state index in [9.17, 15) is 4.79 Å². The van der Waals surface area contributed by atoms with Gasteiger partial charge in [0, 0.05) is 47.2 Å². The number of H-pyrrole nitrogens is 1. The molecule has 5 rings (SSSR count). The van der Waals surface area contributed by atoms with Gasteiger partial charge in [-0.15, -0.1) is 0 Å². The molecule has 2 saturated heterocycles. The summed E-state index contributed by atoms with van der Waals surface area (Å²) in [5.41, 5.74) is 1.99. The average Bonchev–Trinajstić information content (AvgIpc) is 3.12. The molecule has 1 amide bonds. The Morgan fingerprint density at radius 3 is 2.81 bits per heavy atom.